The smallest absolute Gasteiger partial charge is 0.0628 e. The fraction of sp³-hybridized carbons (Fsp3) is 0.824. The molecular weight excluding hydrogens is 262 g/mol. The lowest BCUT2D eigenvalue weighted by Crippen LogP contribution is -2.31. The van der Waals surface area contributed by atoms with Crippen LogP contribution in [0.15, 0.2) is 12.3 Å². The van der Waals surface area contributed by atoms with E-state index in [1.165, 1.54) is 31.4 Å². The normalized spacial score (nSPS) is 17.7. The Bertz CT molecular complexity index is 396. The van der Waals surface area contributed by atoms with Crippen LogP contribution in [0.5, 0.6) is 0 Å². The highest BCUT2D eigenvalue weighted by molar-refractivity contribution is 5.02. The fourth-order valence-electron chi connectivity index (χ4n) is 3.34. The van der Waals surface area contributed by atoms with Crippen molar-refractivity contribution in [2.75, 3.05) is 26.8 Å². The lowest BCUT2D eigenvalue weighted by molar-refractivity contribution is 0.195. The maximum atomic E-state index is 5.12. The van der Waals surface area contributed by atoms with E-state index in [0.717, 1.165) is 32.0 Å². The maximum absolute atomic E-state index is 5.12. The molecule has 1 aromatic rings. The van der Waals surface area contributed by atoms with Crippen LogP contribution in [0.25, 0.3) is 0 Å². The number of hydrogen-bond donors (Lipinski definition) is 1. The Kier molecular flexibility index (Phi) is 6.71. The van der Waals surface area contributed by atoms with Crippen molar-refractivity contribution in [2.24, 2.45) is 11.8 Å². The van der Waals surface area contributed by atoms with Gasteiger partial charge in [-0.1, -0.05) is 25.7 Å². The maximum Gasteiger partial charge on any atom is 0.0628 e. The molecule has 1 heterocycles. The van der Waals surface area contributed by atoms with Gasteiger partial charge in [0.05, 0.1) is 12.3 Å². The SMILES string of the molecule is COCCNCC(Cc1ccn(C(C)C)n1)C1CCCC1. The van der Waals surface area contributed by atoms with E-state index in [1.54, 1.807) is 7.11 Å². The average Bonchev–Trinajstić information content (AvgIpc) is 3.13. The molecule has 2 rings (SSSR count). The number of rotatable bonds is 9. The standard InChI is InChI=1S/C17H31N3O/c1-14(2)20-10-8-17(19-20)12-16(13-18-9-11-21-3)15-6-4-5-7-15/h8,10,14-16,18H,4-7,9,11-13H2,1-3H3. The van der Waals surface area contributed by atoms with Crippen LogP contribution in [0.3, 0.4) is 0 Å². The van der Waals surface area contributed by atoms with E-state index < -0.39 is 0 Å². The van der Waals surface area contributed by atoms with Gasteiger partial charge in [0.15, 0.2) is 0 Å². The van der Waals surface area contributed by atoms with E-state index >= 15 is 0 Å². The molecule has 0 saturated heterocycles. The van der Waals surface area contributed by atoms with Crippen molar-refractivity contribution in [2.45, 2.75) is 52.0 Å². The molecule has 1 N–H and O–H groups in total. The summed E-state index contributed by atoms with van der Waals surface area (Å²) in [4.78, 5) is 0. The van der Waals surface area contributed by atoms with E-state index in [-0.39, 0.29) is 0 Å². The third-order valence-electron chi connectivity index (χ3n) is 4.62. The molecule has 4 heteroatoms. The second kappa shape index (κ2) is 8.54. The first-order valence-electron chi connectivity index (χ1n) is 8.44. The van der Waals surface area contributed by atoms with Gasteiger partial charge >= 0.3 is 0 Å². The predicted molar refractivity (Wildman–Crippen MR) is 86.5 cm³/mol. The summed E-state index contributed by atoms with van der Waals surface area (Å²) < 4.78 is 7.19. The van der Waals surface area contributed by atoms with Gasteiger partial charge in [0.2, 0.25) is 0 Å². The van der Waals surface area contributed by atoms with Crippen LogP contribution < -0.4 is 5.32 Å². The lowest BCUT2D eigenvalue weighted by atomic mass is 9.87. The van der Waals surface area contributed by atoms with E-state index in [4.69, 9.17) is 9.84 Å². The van der Waals surface area contributed by atoms with Crippen LogP contribution in [-0.2, 0) is 11.2 Å². The summed E-state index contributed by atoms with van der Waals surface area (Å²) in [5.74, 6) is 1.57. The summed E-state index contributed by atoms with van der Waals surface area (Å²) >= 11 is 0. The van der Waals surface area contributed by atoms with Gasteiger partial charge in [-0.15, -0.1) is 0 Å². The third-order valence-corrected chi connectivity index (χ3v) is 4.62. The Morgan fingerprint density at radius 3 is 2.76 bits per heavy atom. The Labute approximate surface area is 129 Å². The van der Waals surface area contributed by atoms with E-state index in [1.807, 2.05) is 0 Å². The minimum atomic E-state index is 0.448. The van der Waals surface area contributed by atoms with Crippen LogP contribution in [-0.4, -0.2) is 36.6 Å². The molecule has 21 heavy (non-hydrogen) atoms. The minimum Gasteiger partial charge on any atom is -0.383 e. The van der Waals surface area contributed by atoms with Crippen molar-refractivity contribution in [3.05, 3.63) is 18.0 Å². The fourth-order valence-corrected chi connectivity index (χ4v) is 3.34. The van der Waals surface area contributed by atoms with Crippen LogP contribution >= 0.6 is 0 Å². The summed E-state index contributed by atoms with van der Waals surface area (Å²) in [5, 5.41) is 8.28. The van der Waals surface area contributed by atoms with Gasteiger partial charge in [-0.2, -0.15) is 5.10 Å². The highest BCUT2D eigenvalue weighted by atomic mass is 16.5. The zero-order chi connectivity index (χ0) is 15.1. The molecular formula is C17H31N3O. The largest absolute Gasteiger partial charge is 0.383 e. The lowest BCUT2D eigenvalue weighted by Gasteiger charge is -2.23. The number of hydrogen-bond acceptors (Lipinski definition) is 3. The molecule has 120 valence electrons. The highest BCUT2D eigenvalue weighted by Gasteiger charge is 2.25. The minimum absolute atomic E-state index is 0.448. The molecule has 1 unspecified atom stereocenters. The Hall–Kier alpha value is -0.870. The summed E-state index contributed by atoms with van der Waals surface area (Å²) in [6.07, 6.45) is 8.80. The van der Waals surface area contributed by atoms with Crippen molar-refractivity contribution in [3.8, 4) is 0 Å². The van der Waals surface area contributed by atoms with Gasteiger partial charge in [0.1, 0.15) is 0 Å². The molecule has 0 amide bonds. The first-order chi connectivity index (χ1) is 10.2. The first-order valence-corrected chi connectivity index (χ1v) is 8.44. The van der Waals surface area contributed by atoms with Gasteiger partial charge in [0, 0.05) is 25.9 Å². The van der Waals surface area contributed by atoms with Crippen LogP contribution in [0, 0.1) is 11.8 Å². The van der Waals surface area contributed by atoms with Crippen LogP contribution in [0.1, 0.15) is 51.3 Å². The molecule has 0 bridgehead atoms. The van der Waals surface area contributed by atoms with Crippen molar-refractivity contribution in [3.63, 3.8) is 0 Å². The molecule has 1 aliphatic carbocycles. The van der Waals surface area contributed by atoms with Gasteiger partial charge in [-0.05, 0) is 44.7 Å². The van der Waals surface area contributed by atoms with E-state index in [2.05, 4.69) is 36.1 Å². The molecule has 0 aliphatic heterocycles. The quantitative estimate of drug-likeness (QED) is 0.711. The van der Waals surface area contributed by atoms with Crippen LogP contribution in [0.4, 0.5) is 0 Å². The van der Waals surface area contributed by atoms with Crippen molar-refractivity contribution < 1.29 is 4.74 Å². The average molecular weight is 293 g/mol. The van der Waals surface area contributed by atoms with Crippen LogP contribution in [0.2, 0.25) is 0 Å². The monoisotopic (exact) mass is 293 g/mol. The van der Waals surface area contributed by atoms with E-state index in [0.29, 0.717) is 12.0 Å². The summed E-state index contributed by atoms with van der Waals surface area (Å²) in [6, 6.07) is 2.64. The number of ether oxygens (including phenoxy) is 1. The molecule has 0 radical (unpaired) electrons. The topological polar surface area (TPSA) is 39.1 Å². The molecule has 0 spiro atoms. The van der Waals surface area contributed by atoms with E-state index in [9.17, 15) is 0 Å². The number of nitrogens with zero attached hydrogens (tertiary/aromatic N) is 2. The predicted octanol–water partition coefficient (Wildman–Crippen LogP) is 3.05. The molecule has 0 aromatic carbocycles. The van der Waals surface area contributed by atoms with Gasteiger partial charge in [-0.25, -0.2) is 0 Å². The number of aromatic nitrogens is 2. The second-order valence-electron chi connectivity index (χ2n) is 6.59. The van der Waals surface area contributed by atoms with Gasteiger partial charge in [-0.3, -0.25) is 4.68 Å². The highest BCUT2D eigenvalue weighted by Crippen LogP contribution is 2.32. The Morgan fingerprint density at radius 1 is 1.38 bits per heavy atom. The summed E-state index contributed by atoms with van der Waals surface area (Å²) in [5.41, 5.74) is 1.24. The number of nitrogens with one attached hydrogen (secondary N) is 1. The van der Waals surface area contributed by atoms with Gasteiger partial charge in [0.25, 0.3) is 0 Å². The molecule has 1 aromatic heterocycles. The zero-order valence-corrected chi connectivity index (χ0v) is 13.8. The molecule has 1 aliphatic rings. The Morgan fingerprint density at radius 2 is 2.14 bits per heavy atom. The summed E-state index contributed by atoms with van der Waals surface area (Å²) in [7, 11) is 1.76. The molecule has 1 fully saturated rings. The Balaban J connectivity index is 1.90. The molecule has 1 atom stereocenters. The first kappa shape index (κ1) is 16.5. The van der Waals surface area contributed by atoms with Crippen molar-refractivity contribution in [1.82, 2.24) is 15.1 Å². The number of methoxy groups -OCH3 is 1. The second-order valence-corrected chi connectivity index (χ2v) is 6.59. The molecule has 4 nitrogen and oxygen atoms in total. The summed E-state index contributed by atoms with van der Waals surface area (Å²) in [6.45, 7) is 7.18. The van der Waals surface area contributed by atoms with Crippen molar-refractivity contribution >= 4 is 0 Å². The van der Waals surface area contributed by atoms with Crippen molar-refractivity contribution in [1.29, 1.82) is 0 Å². The molecule has 1 saturated carbocycles. The third kappa shape index (κ3) is 5.11. The zero-order valence-electron chi connectivity index (χ0n) is 13.8. The van der Waals surface area contributed by atoms with Gasteiger partial charge < -0.3 is 10.1 Å².